The van der Waals surface area contributed by atoms with Crippen molar-refractivity contribution in [3.8, 4) is 0 Å². The number of hydrogen-bond donors (Lipinski definition) is 1. The minimum Gasteiger partial charge on any atom is -0.322 e. The number of fused-ring (bicyclic) bond motifs is 4. The Labute approximate surface area is 166 Å². The lowest BCUT2D eigenvalue weighted by Gasteiger charge is -2.12. The van der Waals surface area contributed by atoms with Gasteiger partial charge in [0.2, 0.25) is 0 Å². The Bertz CT molecular complexity index is 1480. The quantitative estimate of drug-likeness (QED) is 0.361. The first-order valence-corrected chi connectivity index (χ1v) is 9.33. The molecule has 0 atom stereocenters. The lowest BCUT2D eigenvalue weighted by atomic mass is 10.1. The van der Waals surface area contributed by atoms with E-state index in [1.165, 1.54) is 0 Å². The largest absolute Gasteiger partial charge is 0.322 e. The van der Waals surface area contributed by atoms with E-state index in [4.69, 9.17) is 0 Å². The second-order valence-electron chi connectivity index (χ2n) is 7.03. The lowest BCUT2D eigenvalue weighted by molar-refractivity contribution is 0.102. The van der Waals surface area contributed by atoms with E-state index in [1.54, 1.807) is 22.6 Å². The van der Waals surface area contributed by atoms with Gasteiger partial charge in [-0.05, 0) is 48.9 Å². The molecule has 0 bridgehead atoms. The molecule has 0 unspecified atom stereocenters. The van der Waals surface area contributed by atoms with Crippen LogP contribution < -0.4 is 10.9 Å². The van der Waals surface area contributed by atoms with Crippen molar-refractivity contribution < 1.29 is 4.79 Å². The van der Waals surface area contributed by atoms with Crippen molar-refractivity contribution in [3.05, 3.63) is 100 Å². The number of hydrogen-bond acceptors (Lipinski definition) is 3. The third-order valence-corrected chi connectivity index (χ3v) is 5.03. The molecular formula is C24H17N3O2. The van der Waals surface area contributed by atoms with Crippen molar-refractivity contribution in [2.24, 2.45) is 0 Å². The molecule has 0 radical (unpaired) electrons. The zero-order chi connectivity index (χ0) is 20.0. The second kappa shape index (κ2) is 6.56. The molecule has 2 aromatic heterocycles. The molecule has 0 fully saturated rings. The third-order valence-electron chi connectivity index (χ3n) is 5.03. The molecule has 3 aromatic carbocycles. The average molecular weight is 379 g/mol. The SMILES string of the molecule is Cc1cccc(NC(=O)c2cc3nc4ccccc4c(=O)n3c3ccccc23)c1. The summed E-state index contributed by atoms with van der Waals surface area (Å²) >= 11 is 0. The molecule has 0 saturated carbocycles. The van der Waals surface area contributed by atoms with E-state index in [0.717, 1.165) is 11.3 Å². The Kier molecular flexibility index (Phi) is 3.88. The number of pyridine rings is 1. The first-order chi connectivity index (χ1) is 14.1. The first kappa shape index (κ1) is 17.1. The molecule has 1 N–H and O–H groups in total. The summed E-state index contributed by atoms with van der Waals surface area (Å²) in [6.45, 7) is 1.97. The van der Waals surface area contributed by atoms with Gasteiger partial charge in [0.15, 0.2) is 0 Å². The minimum absolute atomic E-state index is 0.146. The van der Waals surface area contributed by atoms with Crippen LogP contribution in [0, 0.1) is 6.92 Å². The zero-order valence-electron chi connectivity index (χ0n) is 15.7. The molecule has 5 nitrogen and oxygen atoms in total. The van der Waals surface area contributed by atoms with Crippen LogP contribution in [0.4, 0.5) is 5.69 Å². The summed E-state index contributed by atoms with van der Waals surface area (Å²) in [5.41, 5.74) is 3.83. The summed E-state index contributed by atoms with van der Waals surface area (Å²) in [7, 11) is 0. The highest BCUT2D eigenvalue weighted by Crippen LogP contribution is 2.23. The van der Waals surface area contributed by atoms with Gasteiger partial charge >= 0.3 is 0 Å². The van der Waals surface area contributed by atoms with Crippen molar-refractivity contribution in [2.75, 3.05) is 5.32 Å². The summed E-state index contributed by atoms with van der Waals surface area (Å²) in [5.74, 6) is -0.239. The number of aromatic nitrogens is 2. The van der Waals surface area contributed by atoms with Crippen molar-refractivity contribution in [3.63, 3.8) is 0 Å². The molecule has 1 amide bonds. The Hall–Kier alpha value is -3.99. The summed E-state index contributed by atoms with van der Waals surface area (Å²) in [5, 5.41) is 4.20. The van der Waals surface area contributed by atoms with E-state index in [-0.39, 0.29) is 11.5 Å². The van der Waals surface area contributed by atoms with Crippen molar-refractivity contribution in [2.45, 2.75) is 6.92 Å². The topological polar surface area (TPSA) is 63.5 Å². The van der Waals surface area contributed by atoms with E-state index in [9.17, 15) is 9.59 Å². The number of amides is 1. The average Bonchev–Trinajstić information content (AvgIpc) is 2.73. The van der Waals surface area contributed by atoms with Crippen LogP contribution >= 0.6 is 0 Å². The summed E-state index contributed by atoms with van der Waals surface area (Å²) in [4.78, 5) is 30.9. The molecule has 0 aliphatic heterocycles. The fraction of sp³-hybridized carbons (Fsp3) is 0.0417. The molecule has 5 heteroatoms. The van der Waals surface area contributed by atoms with Gasteiger partial charge in [0.25, 0.3) is 11.5 Å². The van der Waals surface area contributed by atoms with Crippen LogP contribution in [-0.4, -0.2) is 15.3 Å². The fourth-order valence-electron chi connectivity index (χ4n) is 3.69. The smallest absolute Gasteiger partial charge is 0.266 e. The van der Waals surface area contributed by atoms with Gasteiger partial charge in [0.05, 0.1) is 22.0 Å². The van der Waals surface area contributed by atoms with Crippen LogP contribution in [0.15, 0.2) is 83.7 Å². The highest BCUT2D eigenvalue weighted by molar-refractivity contribution is 6.13. The van der Waals surface area contributed by atoms with E-state index in [1.807, 2.05) is 67.6 Å². The van der Waals surface area contributed by atoms with Gasteiger partial charge in [-0.2, -0.15) is 0 Å². The van der Waals surface area contributed by atoms with Crippen molar-refractivity contribution >= 4 is 39.0 Å². The molecule has 0 aliphatic carbocycles. The van der Waals surface area contributed by atoms with Crippen LogP contribution in [0.2, 0.25) is 0 Å². The summed E-state index contributed by atoms with van der Waals surface area (Å²) < 4.78 is 1.57. The molecule has 0 spiro atoms. The van der Waals surface area contributed by atoms with Crippen LogP contribution in [-0.2, 0) is 0 Å². The van der Waals surface area contributed by atoms with Gasteiger partial charge in [0.1, 0.15) is 5.65 Å². The van der Waals surface area contributed by atoms with Crippen LogP contribution in [0.1, 0.15) is 15.9 Å². The normalized spacial score (nSPS) is 11.2. The number of para-hydroxylation sites is 2. The van der Waals surface area contributed by atoms with Gasteiger partial charge in [-0.15, -0.1) is 0 Å². The number of carbonyl (C=O) groups is 1. The molecule has 0 saturated heterocycles. The molecule has 2 heterocycles. The molecule has 140 valence electrons. The Morgan fingerprint density at radius 1 is 0.897 bits per heavy atom. The maximum atomic E-state index is 13.1. The van der Waals surface area contributed by atoms with E-state index < -0.39 is 0 Å². The lowest BCUT2D eigenvalue weighted by Crippen LogP contribution is -2.19. The van der Waals surface area contributed by atoms with E-state index >= 15 is 0 Å². The predicted molar refractivity (Wildman–Crippen MR) is 116 cm³/mol. The summed E-state index contributed by atoms with van der Waals surface area (Å²) in [6.07, 6.45) is 0. The molecule has 29 heavy (non-hydrogen) atoms. The summed E-state index contributed by atoms with van der Waals surface area (Å²) in [6, 6.07) is 24.0. The van der Waals surface area contributed by atoms with Crippen LogP contribution in [0.3, 0.4) is 0 Å². The van der Waals surface area contributed by atoms with Crippen molar-refractivity contribution in [1.29, 1.82) is 0 Å². The van der Waals surface area contributed by atoms with Gasteiger partial charge in [0, 0.05) is 11.1 Å². The van der Waals surface area contributed by atoms with Gasteiger partial charge in [-0.25, -0.2) is 4.98 Å². The van der Waals surface area contributed by atoms with Gasteiger partial charge < -0.3 is 5.32 Å². The van der Waals surface area contributed by atoms with Crippen LogP contribution in [0.5, 0.6) is 0 Å². The van der Waals surface area contributed by atoms with Crippen LogP contribution in [0.25, 0.3) is 27.5 Å². The number of anilines is 1. The predicted octanol–water partition coefficient (Wildman–Crippen LogP) is 4.56. The Balaban J connectivity index is 1.78. The highest BCUT2D eigenvalue weighted by Gasteiger charge is 2.16. The fourth-order valence-corrected chi connectivity index (χ4v) is 3.69. The number of nitrogens with zero attached hydrogens (tertiary/aromatic N) is 2. The number of carbonyl (C=O) groups excluding carboxylic acids is 1. The maximum Gasteiger partial charge on any atom is 0.266 e. The monoisotopic (exact) mass is 379 g/mol. The number of nitrogens with one attached hydrogen (secondary N) is 1. The highest BCUT2D eigenvalue weighted by atomic mass is 16.1. The minimum atomic E-state index is -0.239. The third kappa shape index (κ3) is 2.84. The Morgan fingerprint density at radius 2 is 1.66 bits per heavy atom. The molecule has 5 rings (SSSR count). The van der Waals surface area contributed by atoms with Gasteiger partial charge in [-0.3, -0.25) is 14.0 Å². The zero-order valence-corrected chi connectivity index (χ0v) is 15.7. The first-order valence-electron chi connectivity index (χ1n) is 9.33. The van der Waals surface area contributed by atoms with E-state index in [0.29, 0.717) is 33.0 Å². The number of rotatable bonds is 2. The molecular weight excluding hydrogens is 362 g/mol. The number of aryl methyl sites for hydroxylation is 1. The number of benzene rings is 3. The Morgan fingerprint density at radius 3 is 2.48 bits per heavy atom. The molecule has 0 aliphatic rings. The van der Waals surface area contributed by atoms with E-state index in [2.05, 4.69) is 10.3 Å². The second-order valence-corrected chi connectivity index (χ2v) is 7.03. The maximum absolute atomic E-state index is 13.1. The van der Waals surface area contributed by atoms with Crippen molar-refractivity contribution in [1.82, 2.24) is 9.38 Å². The molecule has 5 aromatic rings. The standard InChI is InChI=1S/C24H17N3O2/c1-15-7-6-8-16(13-15)25-23(28)19-14-22-26-20-11-4-2-10-18(20)24(29)27(22)21-12-5-3-9-17(19)21/h2-14H,1H3,(H,25,28). The van der Waals surface area contributed by atoms with Gasteiger partial charge in [-0.1, -0.05) is 42.5 Å².